The molecule has 102 valence electrons. The fraction of sp³-hybridized carbons (Fsp3) is 0.455. The Bertz CT molecular complexity index is 410. The van der Waals surface area contributed by atoms with E-state index in [9.17, 15) is 22.0 Å². The van der Waals surface area contributed by atoms with Crippen LogP contribution in [0.4, 0.5) is 22.0 Å². The standard InChI is InChI=1S/C11H11ClF5N/c1-6(18-5-11(16,17)10(14)15)8-3-2-7(13)4-9(8)12/h2-4,6,10,18H,5H2,1H3. The number of benzene rings is 1. The van der Waals surface area contributed by atoms with Crippen LogP contribution in [-0.4, -0.2) is 18.9 Å². The minimum Gasteiger partial charge on any atom is -0.304 e. The number of alkyl halides is 4. The molecule has 0 spiro atoms. The van der Waals surface area contributed by atoms with Gasteiger partial charge in [0, 0.05) is 11.1 Å². The second-order valence-corrected chi connectivity index (χ2v) is 4.24. The van der Waals surface area contributed by atoms with Crippen molar-refractivity contribution in [3.05, 3.63) is 34.6 Å². The van der Waals surface area contributed by atoms with Gasteiger partial charge in [0.2, 0.25) is 0 Å². The van der Waals surface area contributed by atoms with Crippen molar-refractivity contribution in [2.24, 2.45) is 0 Å². The summed E-state index contributed by atoms with van der Waals surface area (Å²) in [5.74, 6) is -4.67. The zero-order valence-electron chi connectivity index (χ0n) is 9.36. The van der Waals surface area contributed by atoms with E-state index in [-0.39, 0.29) is 5.02 Å². The quantitative estimate of drug-likeness (QED) is 0.806. The molecule has 0 saturated heterocycles. The maximum Gasteiger partial charge on any atom is 0.319 e. The van der Waals surface area contributed by atoms with Gasteiger partial charge in [-0.1, -0.05) is 17.7 Å². The van der Waals surface area contributed by atoms with Gasteiger partial charge >= 0.3 is 12.3 Å². The Hall–Kier alpha value is -0.880. The number of rotatable bonds is 5. The molecule has 1 rings (SSSR count). The summed E-state index contributed by atoms with van der Waals surface area (Å²) in [4.78, 5) is 0. The van der Waals surface area contributed by atoms with Gasteiger partial charge in [0.05, 0.1) is 6.54 Å². The predicted molar refractivity (Wildman–Crippen MR) is 58.8 cm³/mol. The van der Waals surface area contributed by atoms with Gasteiger partial charge in [0.15, 0.2) is 0 Å². The molecule has 0 radical (unpaired) electrons. The lowest BCUT2D eigenvalue weighted by molar-refractivity contribution is -0.126. The van der Waals surface area contributed by atoms with E-state index in [1.807, 2.05) is 0 Å². The molecule has 7 heteroatoms. The van der Waals surface area contributed by atoms with Crippen molar-refractivity contribution in [3.63, 3.8) is 0 Å². The maximum atomic E-state index is 12.8. The van der Waals surface area contributed by atoms with Crippen LogP contribution in [0.5, 0.6) is 0 Å². The van der Waals surface area contributed by atoms with E-state index in [0.717, 1.165) is 12.1 Å². The van der Waals surface area contributed by atoms with Gasteiger partial charge < -0.3 is 5.32 Å². The average molecular weight is 288 g/mol. The summed E-state index contributed by atoms with van der Waals surface area (Å²) in [5, 5.41) is 2.30. The number of nitrogens with one attached hydrogen (secondary N) is 1. The Kier molecular flexibility index (Phi) is 4.92. The fourth-order valence-electron chi connectivity index (χ4n) is 1.33. The van der Waals surface area contributed by atoms with E-state index < -0.39 is 30.8 Å². The summed E-state index contributed by atoms with van der Waals surface area (Å²) in [6, 6.07) is 2.77. The fourth-order valence-corrected chi connectivity index (χ4v) is 1.66. The second-order valence-electron chi connectivity index (χ2n) is 3.83. The van der Waals surface area contributed by atoms with Crippen LogP contribution >= 0.6 is 11.6 Å². The molecule has 0 aromatic heterocycles. The van der Waals surface area contributed by atoms with Crippen molar-refractivity contribution in [1.29, 1.82) is 0 Å². The summed E-state index contributed by atoms with van der Waals surface area (Å²) in [5.41, 5.74) is 0.364. The molecule has 1 aromatic carbocycles. The second kappa shape index (κ2) is 5.84. The lowest BCUT2D eigenvalue weighted by Gasteiger charge is -2.20. The lowest BCUT2D eigenvalue weighted by atomic mass is 10.1. The minimum absolute atomic E-state index is 0.0513. The normalized spacial score (nSPS) is 14.0. The van der Waals surface area contributed by atoms with Crippen LogP contribution in [0.3, 0.4) is 0 Å². The molecule has 18 heavy (non-hydrogen) atoms. The Morgan fingerprint density at radius 2 is 1.94 bits per heavy atom. The summed E-state index contributed by atoms with van der Waals surface area (Å²) in [6.45, 7) is 0.292. The molecular weight excluding hydrogens is 277 g/mol. The molecule has 1 aromatic rings. The van der Waals surface area contributed by atoms with E-state index in [1.165, 1.54) is 13.0 Å². The Balaban J connectivity index is 2.69. The molecule has 0 saturated carbocycles. The summed E-state index contributed by atoms with van der Waals surface area (Å²) in [7, 11) is 0. The van der Waals surface area contributed by atoms with Crippen LogP contribution in [0.25, 0.3) is 0 Å². The topological polar surface area (TPSA) is 12.0 Å². The highest BCUT2D eigenvalue weighted by atomic mass is 35.5. The third-order valence-corrected chi connectivity index (χ3v) is 2.72. The van der Waals surface area contributed by atoms with Gasteiger partial charge in [0.1, 0.15) is 5.82 Å². The van der Waals surface area contributed by atoms with Gasteiger partial charge in [-0.3, -0.25) is 0 Å². The molecule has 1 N–H and O–H groups in total. The largest absolute Gasteiger partial charge is 0.319 e. The molecule has 1 nitrogen and oxygen atoms in total. The van der Waals surface area contributed by atoms with E-state index in [1.54, 1.807) is 0 Å². The molecule has 0 fully saturated rings. The van der Waals surface area contributed by atoms with Gasteiger partial charge in [-0.2, -0.15) is 8.78 Å². The SMILES string of the molecule is CC(NCC(F)(F)C(F)F)c1ccc(F)cc1Cl. The van der Waals surface area contributed by atoms with Crippen LogP contribution < -0.4 is 5.32 Å². The molecule has 1 unspecified atom stereocenters. The first-order valence-corrected chi connectivity index (χ1v) is 5.46. The summed E-state index contributed by atoms with van der Waals surface area (Å²) >= 11 is 5.72. The molecule has 1 atom stereocenters. The highest BCUT2D eigenvalue weighted by molar-refractivity contribution is 6.31. The molecule has 0 amide bonds. The maximum absolute atomic E-state index is 12.8. The Morgan fingerprint density at radius 1 is 1.33 bits per heavy atom. The van der Waals surface area contributed by atoms with Crippen molar-refractivity contribution in [1.82, 2.24) is 5.32 Å². The number of halogens is 6. The van der Waals surface area contributed by atoms with Gasteiger partial charge in [-0.05, 0) is 24.6 Å². The third kappa shape index (κ3) is 3.81. The van der Waals surface area contributed by atoms with E-state index in [0.29, 0.717) is 5.56 Å². The van der Waals surface area contributed by atoms with E-state index in [4.69, 9.17) is 11.6 Å². The average Bonchev–Trinajstić information content (AvgIpc) is 2.25. The monoisotopic (exact) mass is 287 g/mol. The first kappa shape index (κ1) is 15.2. The molecule has 0 aliphatic rings. The smallest absolute Gasteiger partial charge is 0.304 e. The van der Waals surface area contributed by atoms with E-state index >= 15 is 0 Å². The molecule has 0 aliphatic carbocycles. The lowest BCUT2D eigenvalue weighted by Crippen LogP contribution is -2.39. The Labute approximate surface area is 106 Å². The van der Waals surface area contributed by atoms with Crippen LogP contribution in [0.1, 0.15) is 18.5 Å². The zero-order chi connectivity index (χ0) is 13.9. The predicted octanol–water partition coefficient (Wildman–Crippen LogP) is 4.03. The first-order chi connectivity index (χ1) is 8.24. The van der Waals surface area contributed by atoms with Gasteiger partial charge in [0.25, 0.3) is 0 Å². The summed E-state index contributed by atoms with van der Waals surface area (Å²) < 4.78 is 62.0. The number of hydrogen-bond acceptors (Lipinski definition) is 1. The van der Waals surface area contributed by atoms with Crippen molar-refractivity contribution in [3.8, 4) is 0 Å². The van der Waals surface area contributed by atoms with E-state index in [2.05, 4.69) is 5.32 Å². The van der Waals surface area contributed by atoms with Crippen molar-refractivity contribution < 1.29 is 22.0 Å². The number of hydrogen-bond donors (Lipinski definition) is 1. The summed E-state index contributed by atoms with van der Waals surface area (Å²) in [6.07, 6.45) is -3.74. The molecular formula is C11H11ClF5N. The third-order valence-electron chi connectivity index (χ3n) is 2.39. The van der Waals surface area contributed by atoms with Gasteiger partial charge in [-0.15, -0.1) is 0 Å². The molecule has 0 heterocycles. The van der Waals surface area contributed by atoms with Crippen LogP contribution in [0.2, 0.25) is 5.02 Å². The Morgan fingerprint density at radius 3 is 2.44 bits per heavy atom. The van der Waals surface area contributed by atoms with Crippen molar-refractivity contribution >= 4 is 11.6 Å². The van der Waals surface area contributed by atoms with Gasteiger partial charge in [-0.25, -0.2) is 13.2 Å². The van der Waals surface area contributed by atoms with Crippen LogP contribution in [-0.2, 0) is 0 Å². The van der Waals surface area contributed by atoms with Crippen LogP contribution in [0.15, 0.2) is 18.2 Å². The highest BCUT2D eigenvalue weighted by Crippen LogP contribution is 2.26. The van der Waals surface area contributed by atoms with Crippen molar-refractivity contribution in [2.75, 3.05) is 6.54 Å². The molecule has 0 aliphatic heterocycles. The highest BCUT2D eigenvalue weighted by Gasteiger charge is 2.40. The van der Waals surface area contributed by atoms with Crippen LogP contribution in [0, 0.1) is 5.82 Å². The first-order valence-electron chi connectivity index (χ1n) is 5.08. The molecule has 0 bridgehead atoms. The minimum atomic E-state index is -4.11. The van der Waals surface area contributed by atoms with Crippen molar-refractivity contribution in [2.45, 2.75) is 25.3 Å². The zero-order valence-corrected chi connectivity index (χ0v) is 10.1.